The third-order valence-corrected chi connectivity index (χ3v) is 3.63. The molecule has 0 spiro atoms. The largest absolute Gasteiger partial charge is 0.463 e. The first-order chi connectivity index (χ1) is 11.1. The minimum atomic E-state index is -0.360. The lowest BCUT2D eigenvalue weighted by molar-refractivity contribution is -0.137. The fourth-order valence-corrected chi connectivity index (χ4v) is 2.64. The summed E-state index contributed by atoms with van der Waals surface area (Å²) in [6.07, 6.45) is 8.74. The molecule has 3 heterocycles. The number of ether oxygens (including phenoxy) is 1. The summed E-state index contributed by atoms with van der Waals surface area (Å²) < 4.78 is 8.76. The van der Waals surface area contributed by atoms with Gasteiger partial charge in [0.05, 0.1) is 24.0 Å². The Hall–Kier alpha value is -2.89. The number of carbonyl (C=O) groups is 1. The molecule has 0 unspecified atom stereocenters. The third kappa shape index (κ3) is 2.75. The highest BCUT2D eigenvalue weighted by atomic mass is 16.5. The molecule has 0 atom stereocenters. The Labute approximate surface area is 134 Å². The maximum Gasteiger partial charge on any atom is 0.330 e. The lowest BCUT2D eigenvalue weighted by Gasteiger charge is -2.07. The van der Waals surface area contributed by atoms with E-state index in [-0.39, 0.29) is 5.97 Å². The predicted octanol–water partition coefficient (Wildman–Crippen LogP) is 2.64. The van der Waals surface area contributed by atoms with E-state index in [2.05, 4.69) is 10.1 Å². The fraction of sp³-hybridized carbons (Fsp3) is 0.235. The number of aromatic nitrogens is 4. The zero-order valence-electron chi connectivity index (χ0n) is 13.4. The van der Waals surface area contributed by atoms with Gasteiger partial charge in [0, 0.05) is 36.5 Å². The summed E-state index contributed by atoms with van der Waals surface area (Å²) in [4.78, 5) is 15.8. The lowest BCUT2D eigenvalue weighted by Crippen LogP contribution is -2.03. The lowest BCUT2D eigenvalue weighted by atomic mass is 10.2. The number of fused-ring (bicyclic) bond motifs is 1. The zero-order chi connectivity index (χ0) is 16.4. The number of hydrogen-bond donors (Lipinski definition) is 0. The van der Waals surface area contributed by atoms with Crippen molar-refractivity contribution in [2.45, 2.75) is 13.8 Å². The highest BCUT2D eigenvalue weighted by molar-refractivity contribution is 5.88. The van der Waals surface area contributed by atoms with Gasteiger partial charge in [0.15, 0.2) is 0 Å². The number of aryl methyl sites for hydroxylation is 2. The van der Waals surface area contributed by atoms with Gasteiger partial charge < -0.3 is 4.74 Å². The van der Waals surface area contributed by atoms with Crippen LogP contribution in [0.3, 0.4) is 0 Å². The molecule has 0 bridgehead atoms. The molecule has 0 aromatic carbocycles. The first-order valence-electron chi connectivity index (χ1n) is 7.41. The average Bonchev–Trinajstić information content (AvgIpc) is 3.06. The van der Waals surface area contributed by atoms with Gasteiger partial charge in [-0.15, -0.1) is 0 Å². The van der Waals surface area contributed by atoms with Crippen LogP contribution in [-0.2, 0) is 16.6 Å². The van der Waals surface area contributed by atoms with E-state index < -0.39 is 0 Å². The van der Waals surface area contributed by atoms with Gasteiger partial charge in [0.2, 0.25) is 0 Å². The van der Waals surface area contributed by atoms with Gasteiger partial charge in [-0.3, -0.25) is 14.2 Å². The highest BCUT2D eigenvalue weighted by Gasteiger charge is 2.15. The van der Waals surface area contributed by atoms with Gasteiger partial charge >= 0.3 is 5.97 Å². The standard InChI is InChI=1S/C17H18N4O2/c1-4-23-16(22)6-5-14-12(2)19-20(3)17(14)21-10-8-13-7-9-18-11-15(13)21/h5-11H,4H2,1-3H3/b6-5+. The molecule has 6 heteroatoms. The molecule has 6 nitrogen and oxygen atoms in total. The number of esters is 1. The second-order valence-electron chi connectivity index (χ2n) is 5.15. The molecule has 118 valence electrons. The van der Waals surface area contributed by atoms with Crippen molar-refractivity contribution in [1.29, 1.82) is 0 Å². The van der Waals surface area contributed by atoms with Crippen molar-refractivity contribution in [3.8, 4) is 5.82 Å². The second kappa shape index (κ2) is 6.08. The molecule has 3 rings (SSSR count). The summed E-state index contributed by atoms with van der Waals surface area (Å²) in [6.45, 7) is 4.06. The summed E-state index contributed by atoms with van der Waals surface area (Å²) in [5.41, 5.74) is 2.71. The summed E-state index contributed by atoms with van der Waals surface area (Å²) >= 11 is 0. The topological polar surface area (TPSA) is 61.9 Å². The van der Waals surface area contributed by atoms with Crippen molar-refractivity contribution in [3.63, 3.8) is 0 Å². The summed E-state index contributed by atoms with van der Waals surface area (Å²) in [5.74, 6) is 0.520. The summed E-state index contributed by atoms with van der Waals surface area (Å²) in [5, 5.41) is 5.57. The van der Waals surface area contributed by atoms with E-state index in [1.807, 2.05) is 43.1 Å². The van der Waals surface area contributed by atoms with Gasteiger partial charge in [-0.2, -0.15) is 5.10 Å². The molecule has 0 aliphatic carbocycles. The van der Waals surface area contributed by atoms with Crippen LogP contribution in [0.5, 0.6) is 0 Å². The molecular weight excluding hydrogens is 292 g/mol. The van der Waals surface area contributed by atoms with E-state index in [1.54, 1.807) is 23.9 Å². The zero-order valence-corrected chi connectivity index (χ0v) is 13.4. The van der Waals surface area contributed by atoms with Gasteiger partial charge in [0.25, 0.3) is 0 Å². The monoisotopic (exact) mass is 310 g/mol. The van der Waals surface area contributed by atoms with Crippen LogP contribution >= 0.6 is 0 Å². The van der Waals surface area contributed by atoms with E-state index in [9.17, 15) is 4.79 Å². The molecule has 0 N–H and O–H groups in total. The third-order valence-electron chi connectivity index (χ3n) is 3.63. The van der Waals surface area contributed by atoms with Crippen molar-refractivity contribution < 1.29 is 9.53 Å². The molecule has 3 aromatic heterocycles. The first kappa shape index (κ1) is 15.0. The molecule has 0 aliphatic heterocycles. The van der Waals surface area contributed by atoms with Gasteiger partial charge in [0.1, 0.15) is 5.82 Å². The normalized spacial score (nSPS) is 11.4. The van der Waals surface area contributed by atoms with Crippen LogP contribution in [0.4, 0.5) is 0 Å². The van der Waals surface area contributed by atoms with E-state index in [0.29, 0.717) is 6.61 Å². The Kier molecular flexibility index (Phi) is 3.97. The smallest absolute Gasteiger partial charge is 0.330 e. The number of carbonyl (C=O) groups excluding carboxylic acids is 1. The van der Waals surface area contributed by atoms with Crippen LogP contribution in [0.1, 0.15) is 18.2 Å². The van der Waals surface area contributed by atoms with E-state index in [1.165, 1.54) is 6.08 Å². The molecule has 0 saturated heterocycles. The molecule has 0 saturated carbocycles. The van der Waals surface area contributed by atoms with Crippen LogP contribution in [-0.4, -0.2) is 31.9 Å². The SMILES string of the molecule is CCOC(=O)/C=C/c1c(C)nn(C)c1-n1ccc2ccncc21. The Morgan fingerprint density at radius 1 is 1.39 bits per heavy atom. The molecule has 0 aliphatic rings. The van der Waals surface area contributed by atoms with Crippen LogP contribution in [0.2, 0.25) is 0 Å². The van der Waals surface area contributed by atoms with Crippen molar-refractivity contribution in [2.75, 3.05) is 6.61 Å². The van der Waals surface area contributed by atoms with Crippen molar-refractivity contribution >= 4 is 22.9 Å². The number of pyridine rings is 1. The molecule has 3 aromatic rings. The second-order valence-corrected chi connectivity index (χ2v) is 5.15. The average molecular weight is 310 g/mol. The van der Waals surface area contributed by atoms with Crippen molar-refractivity contribution in [2.24, 2.45) is 7.05 Å². The Morgan fingerprint density at radius 3 is 3.00 bits per heavy atom. The van der Waals surface area contributed by atoms with Gasteiger partial charge in [-0.05, 0) is 32.1 Å². The predicted molar refractivity (Wildman–Crippen MR) is 88.2 cm³/mol. The highest BCUT2D eigenvalue weighted by Crippen LogP contribution is 2.24. The quantitative estimate of drug-likeness (QED) is 0.549. The molecule has 0 amide bonds. The molecule has 0 fully saturated rings. The van der Waals surface area contributed by atoms with E-state index in [4.69, 9.17) is 4.74 Å². The van der Waals surface area contributed by atoms with Gasteiger partial charge in [-0.1, -0.05) is 0 Å². The van der Waals surface area contributed by atoms with E-state index in [0.717, 1.165) is 28.0 Å². The number of hydrogen-bond acceptors (Lipinski definition) is 4. The van der Waals surface area contributed by atoms with Crippen molar-refractivity contribution in [1.82, 2.24) is 19.3 Å². The van der Waals surface area contributed by atoms with Crippen LogP contribution in [0.25, 0.3) is 22.8 Å². The molecule has 23 heavy (non-hydrogen) atoms. The summed E-state index contributed by atoms with van der Waals surface area (Å²) in [7, 11) is 1.88. The molecular formula is C17H18N4O2. The molecule has 0 radical (unpaired) electrons. The summed E-state index contributed by atoms with van der Waals surface area (Å²) in [6, 6.07) is 3.99. The Balaban J connectivity index is 2.11. The Bertz CT molecular complexity index is 889. The maximum atomic E-state index is 11.6. The van der Waals surface area contributed by atoms with E-state index >= 15 is 0 Å². The van der Waals surface area contributed by atoms with Gasteiger partial charge in [-0.25, -0.2) is 4.79 Å². The van der Waals surface area contributed by atoms with Crippen LogP contribution in [0, 0.1) is 6.92 Å². The first-order valence-corrected chi connectivity index (χ1v) is 7.41. The number of nitrogens with zero attached hydrogens (tertiary/aromatic N) is 4. The van der Waals surface area contributed by atoms with Crippen LogP contribution < -0.4 is 0 Å². The van der Waals surface area contributed by atoms with Crippen LogP contribution in [0.15, 0.2) is 36.8 Å². The Morgan fingerprint density at radius 2 is 2.22 bits per heavy atom. The fourth-order valence-electron chi connectivity index (χ4n) is 2.64. The number of rotatable bonds is 4. The minimum absolute atomic E-state index is 0.357. The van der Waals surface area contributed by atoms with Crippen molar-refractivity contribution in [3.05, 3.63) is 48.1 Å². The minimum Gasteiger partial charge on any atom is -0.463 e. The maximum absolute atomic E-state index is 11.6.